The standard InChI is InChI=1S/C17H26N2O2/c1-2-21-17(20)15-12-14(8-9-16(15)18)19-11-10-13-6-4-3-5-7-13/h8-9,12-13,19H,2-7,10-11,18H2,1H3. The van der Waals surface area contributed by atoms with Crippen LogP contribution in [0.4, 0.5) is 11.4 Å². The SMILES string of the molecule is CCOC(=O)c1cc(NCCC2CCCCC2)ccc1N. The molecule has 1 aliphatic rings. The quantitative estimate of drug-likeness (QED) is 0.617. The first-order chi connectivity index (χ1) is 10.2. The van der Waals surface area contributed by atoms with Gasteiger partial charge in [-0.2, -0.15) is 0 Å². The summed E-state index contributed by atoms with van der Waals surface area (Å²) in [4.78, 5) is 11.8. The molecule has 0 aliphatic heterocycles. The Morgan fingerprint density at radius 1 is 1.33 bits per heavy atom. The summed E-state index contributed by atoms with van der Waals surface area (Å²) < 4.78 is 5.02. The van der Waals surface area contributed by atoms with E-state index in [1.165, 1.54) is 38.5 Å². The van der Waals surface area contributed by atoms with Crippen molar-refractivity contribution < 1.29 is 9.53 Å². The predicted molar refractivity (Wildman–Crippen MR) is 86.5 cm³/mol. The fourth-order valence-electron chi connectivity index (χ4n) is 2.95. The van der Waals surface area contributed by atoms with Crippen LogP contribution < -0.4 is 11.1 Å². The lowest BCUT2D eigenvalue weighted by Gasteiger charge is -2.21. The minimum Gasteiger partial charge on any atom is -0.462 e. The van der Waals surface area contributed by atoms with Gasteiger partial charge in [0.15, 0.2) is 0 Å². The molecule has 0 atom stereocenters. The number of hydrogen-bond donors (Lipinski definition) is 2. The van der Waals surface area contributed by atoms with Crippen LogP contribution in [0.3, 0.4) is 0 Å². The Morgan fingerprint density at radius 2 is 2.10 bits per heavy atom. The van der Waals surface area contributed by atoms with E-state index in [2.05, 4.69) is 5.32 Å². The van der Waals surface area contributed by atoms with Crippen molar-refractivity contribution >= 4 is 17.3 Å². The van der Waals surface area contributed by atoms with Crippen LogP contribution in [0, 0.1) is 5.92 Å². The molecule has 2 rings (SSSR count). The van der Waals surface area contributed by atoms with Gasteiger partial charge in [-0.15, -0.1) is 0 Å². The zero-order valence-corrected chi connectivity index (χ0v) is 12.9. The highest BCUT2D eigenvalue weighted by Crippen LogP contribution is 2.26. The van der Waals surface area contributed by atoms with Crippen molar-refractivity contribution in [2.75, 3.05) is 24.2 Å². The molecule has 116 valence electrons. The third-order valence-corrected chi connectivity index (χ3v) is 4.16. The van der Waals surface area contributed by atoms with Crippen LogP contribution in [0.15, 0.2) is 18.2 Å². The summed E-state index contributed by atoms with van der Waals surface area (Å²) in [6.45, 7) is 3.09. The van der Waals surface area contributed by atoms with Crippen LogP contribution in [-0.2, 0) is 4.74 Å². The molecule has 0 radical (unpaired) electrons. The van der Waals surface area contributed by atoms with Gasteiger partial charge < -0.3 is 15.8 Å². The number of anilines is 2. The number of benzene rings is 1. The number of carbonyl (C=O) groups excluding carboxylic acids is 1. The van der Waals surface area contributed by atoms with E-state index in [4.69, 9.17) is 10.5 Å². The van der Waals surface area contributed by atoms with Gasteiger partial charge in [0.1, 0.15) is 0 Å². The average Bonchev–Trinajstić information content (AvgIpc) is 2.50. The largest absolute Gasteiger partial charge is 0.462 e. The molecule has 1 aromatic carbocycles. The molecule has 1 aliphatic carbocycles. The Hall–Kier alpha value is -1.71. The van der Waals surface area contributed by atoms with E-state index in [9.17, 15) is 4.79 Å². The second kappa shape index (κ2) is 7.91. The molecule has 1 saturated carbocycles. The first-order valence-electron chi connectivity index (χ1n) is 8.01. The molecule has 0 bridgehead atoms. The van der Waals surface area contributed by atoms with Gasteiger partial charge >= 0.3 is 5.97 Å². The minimum atomic E-state index is -0.356. The number of nitrogens with one attached hydrogen (secondary N) is 1. The highest BCUT2D eigenvalue weighted by Gasteiger charge is 2.14. The maximum Gasteiger partial charge on any atom is 0.340 e. The number of nitrogens with two attached hydrogens (primary N) is 1. The van der Waals surface area contributed by atoms with Crippen molar-refractivity contribution in [3.8, 4) is 0 Å². The van der Waals surface area contributed by atoms with Crippen LogP contribution in [-0.4, -0.2) is 19.1 Å². The van der Waals surface area contributed by atoms with Gasteiger partial charge in [0.05, 0.1) is 12.2 Å². The van der Waals surface area contributed by atoms with Crippen molar-refractivity contribution in [3.63, 3.8) is 0 Å². The molecular formula is C17H26N2O2. The molecular weight excluding hydrogens is 264 g/mol. The summed E-state index contributed by atoms with van der Waals surface area (Å²) in [5.74, 6) is 0.496. The summed E-state index contributed by atoms with van der Waals surface area (Å²) in [7, 11) is 0. The molecule has 1 fully saturated rings. The van der Waals surface area contributed by atoms with E-state index in [0.29, 0.717) is 17.9 Å². The Bertz CT molecular complexity index is 468. The fraction of sp³-hybridized carbons (Fsp3) is 0.588. The number of ether oxygens (including phenoxy) is 1. The van der Waals surface area contributed by atoms with Crippen molar-refractivity contribution in [2.24, 2.45) is 5.92 Å². The van der Waals surface area contributed by atoms with E-state index < -0.39 is 0 Å². The molecule has 0 amide bonds. The van der Waals surface area contributed by atoms with Crippen molar-refractivity contribution in [2.45, 2.75) is 45.4 Å². The highest BCUT2D eigenvalue weighted by molar-refractivity contribution is 5.96. The van der Waals surface area contributed by atoms with Crippen molar-refractivity contribution in [3.05, 3.63) is 23.8 Å². The van der Waals surface area contributed by atoms with Gasteiger partial charge in [-0.25, -0.2) is 4.79 Å². The maximum absolute atomic E-state index is 11.8. The lowest BCUT2D eigenvalue weighted by atomic mass is 9.87. The molecule has 0 spiro atoms. The highest BCUT2D eigenvalue weighted by atomic mass is 16.5. The Kier molecular flexibility index (Phi) is 5.90. The topological polar surface area (TPSA) is 64.3 Å². The maximum atomic E-state index is 11.8. The summed E-state index contributed by atoms with van der Waals surface area (Å²) in [6.07, 6.45) is 8.05. The van der Waals surface area contributed by atoms with E-state index in [1.807, 2.05) is 6.07 Å². The van der Waals surface area contributed by atoms with Crippen molar-refractivity contribution in [1.29, 1.82) is 0 Å². The average molecular weight is 290 g/mol. The summed E-state index contributed by atoms with van der Waals surface area (Å²) in [5.41, 5.74) is 7.68. The molecule has 0 aromatic heterocycles. The van der Waals surface area contributed by atoms with E-state index in [1.54, 1.807) is 19.1 Å². The fourth-order valence-corrected chi connectivity index (χ4v) is 2.95. The number of hydrogen-bond acceptors (Lipinski definition) is 4. The van der Waals surface area contributed by atoms with Gasteiger partial charge in [-0.05, 0) is 37.5 Å². The van der Waals surface area contributed by atoms with Crippen LogP contribution in [0.5, 0.6) is 0 Å². The first kappa shape index (κ1) is 15.7. The van der Waals surface area contributed by atoms with Crippen molar-refractivity contribution in [1.82, 2.24) is 0 Å². The van der Waals surface area contributed by atoms with Gasteiger partial charge in [-0.1, -0.05) is 32.1 Å². The van der Waals surface area contributed by atoms with Crippen LogP contribution >= 0.6 is 0 Å². The minimum absolute atomic E-state index is 0.356. The smallest absolute Gasteiger partial charge is 0.340 e. The zero-order chi connectivity index (χ0) is 15.1. The van der Waals surface area contributed by atoms with Gasteiger partial charge in [-0.3, -0.25) is 0 Å². The monoisotopic (exact) mass is 290 g/mol. The second-order valence-corrected chi connectivity index (χ2v) is 5.74. The molecule has 3 N–H and O–H groups in total. The number of nitrogen functional groups attached to an aromatic ring is 1. The van der Waals surface area contributed by atoms with E-state index in [0.717, 1.165) is 18.2 Å². The Labute approximate surface area is 127 Å². The van der Waals surface area contributed by atoms with E-state index >= 15 is 0 Å². The van der Waals surface area contributed by atoms with Gasteiger partial charge in [0.25, 0.3) is 0 Å². The summed E-state index contributed by atoms with van der Waals surface area (Å²) in [5, 5.41) is 3.39. The predicted octanol–water partition coefficient (Wildman–Crippen LogP) is 3.83. The normalized spacial score (nSPS) is 15.7. The molecule has 21 heavy (non-hydrogen) atoms. The molecule has 0 saturated heterocycles. The third kappa shape index (κ3) is 4.66. The van der Waals surface area contributed by atoms with Crippen LogP contribution in [0.25, 0.3) is 0 Å². The molecule has 0 unspecified atom stereocenters. The lowest BCUT2D eigenvalue weighted by molar-refractivity contribution is 0.0527. The number of carbonyl (C=O) groups is 1. The van der Waals surface area contributed by atoms with E-state index in [-0.39, 0.29) is 5.97 Å². The van der Waals surface area contributed by atoms with Gasteiger partial charge in [0, 0.05) is 17.9 Å². The molecule has 4 nitrogen and oxygen atoms in total. The van der Waals surface area contributed by atoms with Crippen LogP contribution in [0.1, 0.15) is 55.8 Å². The third-order valence-electron chi connectivity index (χ3n) is 4.16. The van der Waals surface area contributed by atoms with Crippen LogP contribution in [0.2, 0.25) is 0 Å². The zero-order valence-electron chi connectivity index (χ0n) is 12.9. The molecule has 0 heterocycles. The molecule has 1 aromatic rings. The first-order valence-corrected chi connectivity index (χ1v) is 8.01. The number of rotatable bonds is 6. The second-order valence-electron chi connectivity index (χ2n) is 5.74. The summed E-state index contributed by atoms with van der Waals surface area (Å²) >= 11 is 0. The van der Waals surface area contributed by atoms with Gasteiger partial charge in [0.2, 0.25) is 0 Å². The lowest BCUT2D eigenvalue weighted by Crippen LogP contribution is -2.13. The Balaban J connectivity index is 1.88. The molecule has 4 heteroatoms. The number of esters is 1. The summed E-state index contributed by atoms with van der Waals surface area (Å²) in [6, 6.07) is 5.46. The Morgan fingerprint density at radius 3 is 2.81 bits per heavy atom.